The Balaban J connectivity index is 2.35. The highest BCUT2D eigenvalue weighted by molar-refractivity contribution is 7.71. The number of rotatable bonds is 3. The fraction of sp³-hybridized carbons (Fsp3) is 0.375. The summed E-state index contributed by atoms with van der Waals surface area (Å²) in [6, 6.07) is 6.54. The predicted octanol–water partition coefficient (Wildman–Crippen LogP) is 4.22. The molecule has 0 radical (unpaired) electrons. The van der Waals surface area contributed by atoms with Gasteiger partial charge in [-0.3, -0.25) is 0 Å². The summed E-state index contributed by atoms with van der Waals surface area (Å²) in [5.41, 5.74) is 6.20. The molecule has 1 heterocycles. The van der Waals surface area contributed by atoms with Gasteiger partial charge in [0.1, 0.15) is 10.5 Å². The van der Waals surface area contributed by atoms with Gasteiger partial charge in [0.25, 0.3) is 0 Å². The first-order valence-electron chi connectivity index (χ1n) is 6.66. The molecule has 0 aliphatic rings. The van der Waals surface area contributed by atoms with Gasteiger partial charge in [-0.25, -0.2) is 4.98 Å². The minimum Gasteiger partial charge on any atom is -0.347 e. The van der Waals surface area contributed by atoms with Crippen molar-refractivity contribution in [2.24, 2.45) is 0 Å². The summed E-state index contributed by atoms with van der Waals surface area (Å²) >= 11 is 5.33. The van der Waals surface area contributed by atoms with Crippen LogP contribution in [0, 0.1) is 25.4 Å². The fourth-order valence-corrected chi connectivity index (χ4v) is 2.41. The second-order valence-corrected chi connectivity index (χ2v) is 5.43. The molecule has 0 aliphatic heterocycles. The molecule has 1 aromatic carbocycles. The van der Waals surface area contributed by atoms with E-state index >= 15 is 0 Å². The molecule has 0 spiro atoms. The van der Waals surface area contributed by atoms with Crippen LogP contribution >= 0.6 is 12.2 Å². The number of aryl methyl sites for hydroxylation is 3. The SMILES string of the molecule is CCc1[nH]c(Cc2ccc(C)c(C)c2)nc(=S)c1C. The molecule has 19 heavy (non-hydrogen) atoms. The number of aromatic amines is 1. The minimum atomic E-state index is 0.717. The van der Waals surface area contributed by atoms with Gasteiger partial charge in [0.15, 0.2) is 0 Å². The Labute approximate surface area is 119 Å². The van der Waals surface area contributed by atoms with E-state index in [2.05, 4.69) is 48.9 Å². The standard InChI is InChI=1S/C16H20N2S/c1-5-14-12(4)16(19)18-15(17-14)9-13-7-6-10(2)11(3)8-13/h6-8H,5,9H2,1-4H3,(H,17,18,19). The quantitative estimate of drug-likeness (QED) is 0.848. The van der Waals surface area contributed by atoms with Crippen molar-refractivity contribution in [3.8, 4) is 0 Å². The highest BCUT2D eigenvalue weighted by atomic mass is 32.1. The average Bonchev–Trinajstić information content (AvgIpc) is 2.38. The number of hydrogen-bond acceptors (Lipinski definition) is 2. The molecule has 3 heteroatoms. The number of H-pyrrole nitrogens is 1. The maximum absolute atomic E-state index is 5.33. The lowest BCUT2D eigenvalue weighted by Crippen LogP contribution is -2.03. The Hall–Kier alpha value is -1.48. The monoisotopic (exact) mass is 272 g/mol. The van der Waals surface area contributed by atoms with E-state index in [-0.39, 0.29) is 0 Å². The van der Waals surface area contributed by atoms with Crippen molar-refractivity contribution >= 4 is 12.2 Å². The van der Waals surface area contributed by atoms with Crippen LogP contribution in [0.15, 0.2) is 18.2 Å². The van der Waals surface area contributed by atoms with Gasteiger partial charge in [0.2, 0.25) is 0 Å². The summed E-state index contributed by atoms with van der Waals surface area (Å²) in [4.78, 5) is 7.90. The predicted molar refractivity (Wildman–Crippen MR) is 82.3 cm³/mol. The van der Waals surface area contributed by atoms with Crippen LogP contribution in [-0.2, 0) is 12.8 Å². The van der Waals surface area contributed by atoms with Crippen molar-refractivity contribution in [1.29, 1.82) is 0 Å². The molecule has 2 nitrogen and oxygen atoms in total. The molecule has 0 bridgehead atoms. The number of nitrogens with one attached hydrogen (secondary N) is 1. The van der Waals surface area contributed by atoms with Crippen LogP contribution in [0.25, 0.3) is 0 Å². The number of nitrogens with zero attached hydrogens (tertiary/aromatic N) is 1. The van der Waals surface area contributed by atoms with E-state index in [9.17, 15) is 0 Å². The smallest absolute Gasteiger partial charge is 0.132 e. The number of hydrogen-bond donors (Lipinski definition) is 1. The molecule has 100 valence electrons. The summed E-state index contributed by atoms with van der Waals surface area (Å²) < 4.78 is 0.717. The Kier molecular flexibility index (Phi) is 4.15. The Morgan fingerprint density at radius 2 is 1.89 bits per heavy atom. The van der Waals surface area contributed by atoms with Gasteiger partial charge in [-0.15, -0.1) is 0 Å². The van der Waals surface area contributed by atoms with Crippen molar-refractivity contribution in [2.45, 2.75) is 40.5 Å². The lowest BCUT2D eigenvalue weighted by Gasteiger charge is -2.09. The Morgan fingerprint density at radius 3 is 2.53 bits per heavy atom. The molecule has 0 saturated carbocycles. The van der Waals surface area contributed by atoms with Gasteiger partial charge in [-0.05, 0) is 43.9 Å². The Bertz CT molecular complexity index is 656. The van der Waals surface area contributed by atoms with Gasteiger partial charge < -0.3 is 4.98 Å². The summed E-state index contributed by atoms with van der Waals surface area (Å²) in [6.07, 6.45) is 1.76. The molecule has 0 unspecified atom stereocenters. The molecule has 2 aromatic rings. The van der Waals surface area contributed by atoms with E-state index in [1.165, 1.54) is 22.4 Å². The van der Waals surface area contributed by atoms with E-state index < -0.39 is 0 Å². The molecule has 0 atom stereocenters. The van der Waals surface area contributed by atoms with Crippen molar-refractivity contribution in [2.75, 3.05) is 0 Å². The molecule has 1 aromatic heterocycles. The molecule has 1 N–H and O–H groups in total. The van der Waals surface area contributed by atoms with E-state index in [4.69, 9.17) is 12.2 Å². The highest BCUT2D eigenvalue weighted by Gasteiger charge is 2.05. The van der Waals surface area contributed by atoms with Crippen molar-refractivity contribution < 1.29 is 0 Å². The third-order valence-corrected chi connectivity index (χ3v) is 4.00. The van der Waals surface area contributed by atoms with Crippen LogP contribution in [0.4, 0.5) is 0 Å². The van der Waals surface area contributed by atoms with Crippen LogP contribution in [0.3, 0.4) is 0 Å². The first-order chi connectivity index (χ1) is 9.01. The lowest BCUT2D eigenvalue weighted by atomic mass is 10.0. The van der Waals surface area contributed by atoms with Crippen molar-refractivity contribution in [3.05, 3.63) is 56.6 Å². The largest absolute Gasteiger partial charge is 0.347 e. The van der Waals surface area contributed by atoms with Gasteiger partial charge in [0.05, 0.1) is 0 Å². The normalized spacial score (nSPS) is 10.7. The van der Waals surface area contributed by atoms with Crippen LogP contribution in [-0.4, -0.2) is 9.97 Å². The van der Waals surface area contributed by atoms with Crippen LogP contribution in [0.1, 0.15) is 40.7 Å². The molecule has 0 aliphatic carbocycles. The zero-order chi connectivity index (χ0) is 14.0. The molecular weight excluding hydrogens is 252 g/mol. The molecular formula is C16H20N2S. The zero-order valence-corrected chi connectivity index (χ0v) is 12.8. The van der Waals surface area contributed by atoms with E-state index in [0.29, 0.717) is 0 Å². The average molecular weight is 272 g/mol. The van der Waals surface area contributed by atoms with Gasteiger partial charge in [-0.1, -0.05) is 37.3 Å². The van der Waals surface area contributed by atoms with Crippen molar-refractivity contribution in [1.82, 2.24) is 9.97 Å². The zero-order valence-electron chi connectivity index (χ0n) is 12.0. The molecule has 0 amide bonds. The topological polar surface area (TPSA) is 28.7 Å². The summed E-state index contributed by atoms with van der Waals surface area (Å²) in [6.45, 7) is 8.44. The summed E-state index contributed by atoms with van der Waals surface area (Å²) in [5, 5.41) is 0. The fourth-order valence-electron chi connectivity index (χ4n) is 2.18. The lowest BCUT2D eigenvalue weighted by molar-refractivity contribution is 0.880. The summed E-state index contributed by atoms with van der Waals surface area (Å²) in [5.74, 6) is 0.954. The van der Waals surface area contributed by atoms with Crippen molar-refractivity contribution in [3.63, 3.8) is 0 Å². The second-order valence-electron chi connectivity index (χ2n) is 5.04. The highest BCUT2D eigenvalue weighted by Crippen LogP contribution is 2.14. The maximum Gasteiger partial charge on any atom is 0.132 e. The molecule has 0 saturated heterocycles. The van der Waals surface area contributed by atoms with Gasteiger partial charge in [0, 0.05) is 17.7 Å². The second kappa shape index (κ2) is 5.66. The summed E-state index contributed by atoms with van der Waals surface area (Å²) in [7, 11) is 0. The third-order valence-electron chi connectivity index (χ3n) is 3.60. The molecule has 0 fully saturated rings. The van der Waals surface area contributed by atoms with Gasteiger partial charge in [-0.2, -0.15) is 0 Å². The first kappa shape index (κ1) is 13.9. The van der Waals surface area contributed by atoms with Gasteiger partial charge >= 0.3 is 0 Å². The van der Waals surface area contributed by atoms with E-state index in [1.807, 2.05) is 6.92 Å². The minimum absolute atomic E-state index is 0.717. The maximum atomic E-state index is 5.33. The van der Waals surface area contributed by atoms with Crippen LogP contribution < -0.4 is 0 Å². The van der Waals surface area contributed by atoms with Crippen LogP contribution in [0.5, 0.6) is 0 Å². The number of aromatic nitrogens is 2. The van der Waals surface area contributed by atoms with E-state index in [1.54, 1.807) is 0 Å². The third kappa shape index (κ3) is 3.10. The van der Waals surface area contributed by atoms with Crippen LogP contribution in [0.2, 0.25) is 0 Å². The Morgan fingerprint density at radius 1 is 1.16 bits per heavy atom. The first-order valence-corrected chi connectivity index (χ1v) is 7.07. The molecule has 2 rings (SSSR count). The van der Waals surface area contributed by atoms with E-state index in [0.717, 1.165) is 28.9 Å². The number of benzene rings is 1.